The van der Waals surface area contributed by atoms with Crippen LogP contribution in [-0.4, -0.2) is 35.2 Å². The smallest absolute Gasteiger partial charge is 0.410 e. The number of rotatable bonds is 4. The highest BCUT2D eigenvalue weighted by molar-refractivity contribution is 5.87. The number of carboxylic acid groups (broad SMARTS) is 1. The molecule has 0 aliphatic carbocycles. The van der Waals surface area contributed by atoms with E-state index in [-0.39, 0.29) is 11.7 Å². The fraction of sp³-hybridized carbons (Fsp3) is 0.385. The molecule has 0 aliphatic heterocycles. The van der Waals surface area contributed by atoms with Crippen LogP contribution in [0.15, 0.2) is 24.3 Å². The molecule has 0 aliphatic rings. The summed E-state index contributed by atoms with van der Waals surface area (Å²) in [6.45, 7) is 3.95. The molecule has 0 radical (unpaired) electrons. The molecule has 0 spiro atoms. The lowest BCUT2D eigenvalue weighted by Crippen LogP contribution is -2.29. The lowest BCUT2D eigenvalue weighted by molar-refractivity contribution is 0.0695. The number of carbonyl (C=O) groups is 2. The van der Waals surface area contributed by atoms with E-state index >= 15 is 0 Å². The molecule has 1 aromatic rings. The Hall–Kier alpha value is -2.04. The summed E-state index contributed by atoms with van der Waals surface area (Å²) >= 11 is 0. The average Bonchev–Trinajstić information content (AvgIpc) is 2.28. The molecule has 0 unspecified atom stereocenters. The highest BCUT2D eigenvalue weighted by atomic mass is 16.6. The maximum atomic E-state index is 11.5. The quantitative estimate of drug-likeness (QED) is 0.892. The molecule has 5 heteroatoms. The van der Waals surface area contributed by atoms with Gasteiger partial charge in [0, 0.05) is 13.6 Å². The van der Waals surface area contributed by atoms with E-state index in [1.807, 2.05) is 0 Å². The van der Waals surface area contributed by atoms with Crippen molar-refractivity contribution in [3.8, 4) is 0 Å². The van der Waals surface area contributed by atoms with Crippen LogP contribution in [0.2, 0.25) is 0 Å². The Labute approximate surface area is 106 Å². The molecular formula is C13H17NO4. The summed E-state index contributed by atoms with van der Waals surface area (Å²) in [6, 6.07) is 6.39. The van der Waals surface area contributed by atoms with Crippen molar-refractivity contribution in [1.82, 2.24) is 4.90 Å². The number of ether oxygens (including phenoxy) is 1. The largest absolute Gasteiger partial charge is 0.478 e. The SMILES string of the molecule is CC(C)OC(=O)N(C)Cc1ccc(C(=O)O)cc1. The van der Waals surface area contributed by atoms with Crippen molar-refractivity contribution >= 4 is 12.1 Å². The zero-order valence-corrected chi connectivity index (χ0v) is 10.7. The number of hydrogen-bond acceptors (Lipinski definition) is 3. The summed E-state index contributed by atoms with van der Waals surface area (Å²) in [6.07, 6.45) is -0.554. The predicted octanol–water partition coefficient (Wildman–Crippen LogP) is 2.36. The minimum atomic E-state index is -0.964. The summed E-state index contributed by atoms with van der Waals surface area (Å²) in [5.74, 6) is -0.964. The molecule has 1 aromatic carbocycles. The highest BCUT2D eigenvalue weighted by Crippen LogP contribution is 2.08. The van der Waals surface area contributed by atoms with Crippen LogP contribution in [0.25, 0.3) is 0 Å². The zero-order valence-electron chi connectivity index (χ0n) is 10.7. The lowest BCUT2D eigenvalue weighted by Gasteiger charge is -2.18. The van der Waals surface area contributed by atoms with Gasteiger partial charge in [0.05, 0.1) is 11.7 Å². The van der Waals surface area contributed by atoms with E-state index in [0.29, 0.717) is 6.54 Å². The Morgan fingerprint density at radius 1 is 1.28 bits per heavy atom. The van der Waals surface area contributed by atoms with Crippen molar-refractivity contribution in [3.63, 3.8) is 0 Å². The Bertz CT molecular complexity index is 425. The second kappa shape index (κ2) is 6.05. The standard InChI is InChI=1S/C13H17NO4/c1-9(2)18-13(17)14(3)8-10-4-6-11(7-5-10)12(15)16/h4-7,9H,8H2,1-3H3,(H,15,16). The van der Waals surface area contributed by atoms with Crippen LogP contribution in [0.3, 0.4) is 0 Å². The Morgan fingerprint density at radius 2 is 1.83 bits per heavy atom. The molecule has 1 rings (SSSR count). The minimum Gasteiger partial charge on any atom is -0.478 e. The van der Waals surface area contributed by atoms with Crippen LogP contribution >= 0.6 is 0 Å². The molecule has 18 heavy (non-hydrogen) atoms. The summed E-state index contributed by atoms with van der Waals surface area (Å²) in [4.78, 5) is 23.7. The van der Waals surface area contributed by atoms with Crippen LogP contribution in [0.1, 0.15) is 29.8 Å². The number of carboxylic acids is 1. The maximum Gasteiger partial charge on any atom is 0.410 e. The first kappa shape index (κ1) is 14.0. The Kier molecular flexibility index (Phi) is 4.71. The molecule has 98 valence electrons. The van der Waals surface area contributed by atoms with Gasteiger partial charge in [-0.05, 0) is 31.5 Å². The number of benzene rings is 1. The van der Waals surface area contributed by atoms with Gasteiger partial charge in [-0.3, -0.25) is 0 Å². The number of aromatic carboxylic acids is 1. The van der Waals surface area contributed by atoms with E-state index in [4.69, 9.17) is 9.84 Å². The van der Waals surface area contributed by atoms with E-state index in [1.54, 1.807) is 33.0 Å². The molecule has 0 heterocycles. The van der Waals surface area contributed by atoms with Gasteiger partial charge in [-0.1, -0.05) is 12.1 Å². The van der Waals surface area contributed by atoms with Crippen LogP contribution in [-0.2, 0) is 11.3 Å². The van der Waals surface area contributed by atoms with Crippen LogP contribution in [0.5, 0.6) is 0 Å². The topological polar surface area (TPSA) is 66.8 Å². The molecular weight excluding hydrogens is 234 g/mol. The van der Waals surface area contributed by atoms with Crippen molar-refractivity contribution in [1.29, 1.82) is 0 Å². The van der Waals surface area contributed by atoms with E-state index < -0.39 is 12.1 Å². The fourth-order valence-electron chi connectivity index (χ4n) is 1.38. The van der Waals surface area contributed by atoms with Gasteiger partial charge < -0.3 is 14.7 Å². The maximum absolute atomic E-state index is 11.5. The Balaban J connectivity index is 2.61. The number of nitrogens with zero attached hydrogens (tertiary/aromatic N) is 1. The van der Waals surface area contributed by atoms with E-state index in [2.05, 4.69) is 0 Å². The first-order valence-corrected chi connectivity index (χ1v) is 5.64. The summed E-state index contributed by atoms with van der Waals surface area (Å²) in [7, 11) is 1.63. The predicted molar refractivity (Wildman–Crippen MR) is 66.5 cm³/mol. The first-order chi connectivity index (χ1) is 8.40. The van der Waals surface area contributed by atoms with Crippen molar-refractivity contribution in [2.45, 2.75) is 26.5 Å². The third kappa shape index (κ3) is 4.08. The fourth-order valence-corrected chi connectivity index (χ4v) is 1.38. The number of amides is 1. The number of carbonyl (C=O) groups excluding carboxylic acids is 1. The van der Waals surface area contributed by atoms with Crippen LogP contribution < -0.4 is 0 Å². The minimum absolute atomic E-state index is 0.158. The van der Waals surface area contributed by atoms with Crippen LogP contribution in [0, 0.1) is 0 Å². The molecule has 0 saturated carbocycles. The molecule has 0 bridgehead atoms. The van der Waals surface area contributed by atoms with Crippen molar-refractivity contribution in [2.75, 3.05) is 7.05 Å². The summed E-state index contributed by atoms with van der Waals surface area (Å²) in [5, 5.41) is 8.76. The second-order valence-electron chi connectivity index (χ2n) is 4.29. The average molecular weight is 251 g/mol. The lowest BCUT2D eigenvalue weighted by atomic mass is 10.1. The van der Waals surface area contributed by atoms with Gasteiger partial charge in [-0.15, -0.1) is 0 Å². The monoisotopic (exact) mass is 251 g/mol. The van der Waals surface area contributed by atoms with Crippen LogP contribution in [0.4, 0.5) is 4.79 Å². The van der Waals surface area contributed by atoms with Gasteiger partial charge in [0.1, 0.15) is 0 Å². The third-order valence-corrected chi connectivity index (χ3v) is 2.27. The first-order valence-electron chi connectivity index (χ1n) is 5.64. The molecule has 0 atom stereocenters. The van der Waals surface area contributed by atoms with Gasteiger partial charge in [-0.25, -0.2) is 9.59 Å². The van der Waals surface area contributed by atoms with Gasteiger partial charge in [0.25, 0.3) is 0 Å². The summed E-state index contributed by atoms with van der Waals surface area (Å²) in [5.41, 5.74) is 1.08. The van der Waals surface area contributed by atoms with Crippen molar-refractivity contribution < 1.29 is 19.4 Å². The molecule has 1 N–H and O–H groups in total. The second-order valence-corrected chi connectivity index (χ2v) is 4.29. The van der Waals surface area contributed by atoms with Gasteiger partial charge >= 0.3 is 12.1 Å². The van der Waals surface area contributed by atoms with Gasteiger partial charge in [0.15, 0.2) is 0 Å². The van der Waals surface area contributed by atoms with Gasteiger partial charge in [0.2, 0.25) is 0 Å². The third-order valence-electron chi connectivity index (χ3n) is 2.27. The van der Waals surface area contributed by atoms with Crippen molar-refractivity contribution in [3.05, 3.63) is 35.4 Å². The molecule has 1 amide bonds. The Morgan fingerprint density at radius 3 is 2.28 bits per heavy atom. The zero-order chi connectivity index (χ0) is 13.7. The normalized spacial score (nSPS) is 10.2. The number of hydrogen-bond donors (Lipinski definition) is 1. The molecule has 0 aromatic heterocycles. The van der Waals surface area contributed by atoms with E-state index in [9.17, 15) is 9.59 Å². The van der Waals surface area contributed by atoms with Gasteiger partial charge in [-0.2, -0.15) is 0 Å². The molecule has 5 nitrogen and oxygen atoms in total. The highest BCUT2D eigenvalue weighted by Gasteiger charge is 2.12. The van der Waals surface area contributed by atoms with E-state index in [0.717, 1.165) is 5.56 Å². The molecule has 0 fully saturated rings. The van der Waals surface area contributed by atoms with E-state index in [1.165, 1.54) is 17.0 Å². The summed E-state index contributed by atoms with van der Waals surface area (Å²) < 4.78 is 5.04. The van der Waals surface area contributed by atoms with Crippen molar-refractivity contribution in [2.24, 2.45) is 0 Å². The molecule has 0 saturated heterocycles.